The van der Waals surface area contributed by atoms with E-state index in [0.717, 1.165) is 18.5 Å². The van der Waals surface area contributed by atoms with E-state index in [9.17, 15) is 9.59 Å². The molecule has 1 aliphatic rings. The van der Waals surface area contributed by atoms with Gasteiger partial charge in [0.05, 0.1) is 0 Å². The van der Waals surface area contributed by atoms with Crippen LogP contribution < -0.4 is 16.0 Å². The van der Waals surface area contributed by atoms with Gasteiger partial charge < -0.3 is 16.0 Å². The minimum absolute atomic E-state index is 0.0195. The fraction of sp³-hybridized carbons (Fsp3) is 0.150. The van der Waals surface area contributed by atoms with Crippen LogP contribution in [0.5, 0.6) is 0 Å². The molecule has 1 aromatic carbocycles. The molecule has 1 aliphatic carbocycles. The Morgan fingerprint density at radius 3 is 2.39 bits per heavy atom. The lowest BCUT2D eigenvalue weighted by atomic mass is 10.2. The molecule has 0 atom stereocenters. The minimum atomic E-state index is -0.370. The van der Waals surface area contributed by atoms with Crippen LogP contribution in [0.15, 0.2) is 61.1 Å². The molecular weight excluding hydrogens is 356 g/mol. The zero-order chi connectivity index (χ0) is 19.3. The minimum Gasteiger partial charge on any atom is -0.326 e. The van der Waals surface area contributed by atoms with Gasteiger partial charge in [-0.2, -0.15) is 0 Å². The molecule has 0 spiro atoms. The Hall–Kier alpha value is -3.81. The Kier molecular flexibility index (Phi) is 4.92. The molecule has 28 heavy (non-hydrogen) atoms. The normalized spacial score (nSPS) is 12.9. The number of carbonyl (C=O) groups excluding carboxylic acids is 2. The molecule has 8 heteroatoms. The summed E-state index contributed by atoms with van der Waals surface area (Å²) in [5.41, 5.74) is 2.21. The van der Waals surface area contributed by atoms with Gasteiger partial charge >= 0.3 is 0 Å². The first-order valence-corrected chi connectivity index (χ1v) is 8.90. The summed E-state index contributed by atoms with van der Waals surface area (Å²) in [6.07, 6.45) is 6.68. The smallest absolute Gasteiger partial charge is 0.274 e. The van der Waals surface area contributed by atoms with Gasteiger partial charge in [0.1, 0.15) is 5.69 Å². The number of hydrogen-bond acceptors (Lipinski definition) is 6. The maximum atomic E-state index is 12.5. The van der Waals surface area contributed by atoms with Gasteiger partial charge in [0.15, 0.2) is 0 Å². The van der Waals surface area contributed by atoms with Crippen LogP contribution >= 0.6 is 0 Å². The topological polar surface area (TPSA) is 109 Å². The average molecular weight is 374 g/mol. The number of rotatable bonds is 6. The maximum Gasteiger partial charge on any atom is 0.274 e. The molecule has 1 saturated carbocycles. The molecule has 140 valence electrons. The Morgan fingerprint density at radius 2 is 1.64 bits per heavy atom. The number of hydrogen-bond donors (Lipinski definition) is 3. The third-order valence-corrected chi connectivity index (χ3v) is 4.16. The summed E-state index contributed by atoms with van der Waals surface area (Å²) in [4.78, 5) is 36.7. The van der Waals surface area contributed by atoms with Crippen molar-refractivity contribution in [1.82, 2.24) is 15.0 Å². The van der Waals surface area contributed by atoms with E-state index in [2.05, 4.69) is 30.9 Å². The van der Waals surface area contributed by atoms with Crippen LogP contribution in [0.2, 0.25) is 0 Å². The van der Waals surface area contributed by atoms with Gasteiger partial charge in [-0.3, -0.25) is 14.6 Å². The zero-order valence-electron chi connectivity index (χ0n) is 14.9. The summed E-state index contributed by atoms with van der Waals surface area (Å²) >= 11 is 0. The van der Waals surface area contributed by atoms with E-state index in [1.165, 1.54) is 12.3 Å². The molecule has 2 heterocycles. The van der Waals surface area contributed by atoms with Gasteiger partial charge in [-0.25, -0.2) is 9.97 Å². The van der Waals surface area contributed by atoms with Gasteiger partial charge in [0.2, 0.25) is 11.9 Å². The summed E-state index contributed by atoms with van der Waals surface area (Å²) in [7, 11) is 0. The highest BCUT2D eigenvalue weighted by atomic mass is 16.2. The molecule has 2 aromatic heterocycles. The standard InChI is InChI=1S/C20H18N6O2/c27-18(13-4-5-13)23-15-2-1-3-16(12-15)24-19(28)17-8-11-22-20(26-17)25-14-6-9-21-10-7-14/h1-3,6-13H,4-5H2,(H,23,27)(H,24,28)(H,21,22,25,26). The van der Waals surface area contributed by atoms with Crippen LogP contribution in [0.3, 0.4) is 0 Å². The highest BCUT2D eigenvalue weighted by Crippen LogP contribution is 2.30. The Balaban J connectivity index is 1.43. The first-order valence-electron chi connectivity index (χ1n) is 8.90. The molecule has 4 rings (SSSR count). The number of nitrogens with one attached hydrogen (secondary N) is 3. The molecule has 0 aliphatic heterocycles. The van der Waals surface area contributed by atoms with Crippen LogP contribution in [-0.2, 0) is 4.79 Å². The lowest BCUT2D eigenvalue weighted by Gasteiger charge is -2.09. The number of pyridine rings is 1. The summed E-state index contributed by atoms with van der Waals surface area (Å²) < 4.78 is 0. The summed E-state index contributed by atoms with van der Waals surface area (Å²) in [6.45, 7) is 0. The average Bonchev–Trinajstić information content (AvgIpc) is 3.55. The van der Waals surface area contributed by atoms with Crippen molar-refractivity contribution in [2.24, 2.45) is 5.92 Å². The van der Waals surface area contributed by atoms with Gasteiger partial charge in [0.25, 0.3) is 5.91 Å². The predicted molar refractivity (Wildman–Crippen MR) is 105 cm³/mol. The summed E-state index contributed by atoms with van der Waals surface area (Å²) in [5, 5.41) is 8.67. The number of benzene rings is 1. The van der Waals surface area contributed by atoms with Crippen molar-refractivity contribution in [3.05, 3.63) is 66.7 Å². The molecule has 0 bridgehead atoms. The molecule has 3 aromatic rings. The highest BCUT2D eigenvalue weighted by molar-refractivity contribution is 6.03. The number of nitrogens with zero attached hydrogens (tertiary/aromatic N) is 3. The monoisotopic (exact) mass is 374 g/mol. The number of anilines is 4. The third kappa shape index (κ3) is 4.47. The second-order valence-electron chi connectivity index (χ2n) is 6.42. The van der Waals surface area contributed by atoms with E-state index < -0.39 is 0 Å². The number of carbonyl (C=O) groups is 2. The second kappa shape index (κ2) is 7.83. The Bertz CT molecular complexity index is 1000. The van der Waals surface area contributed by atoms with Crippen LogP contribution in [0.4, 0.5) is 23.0 Å². The van der Waals surface area contributed by atoms with Crippen molar-refractivity contribution in [2.45, 2.75) is 12.8 Å². The van der Waals surface area contributed by atoms with E-state index in [4.69, 9.17) is 0 Å². The zero-order valence-corrected chi connectivity index (χ0v) is 14.9. The molecule has 0 radical (unpaired) electrons. The second-order valence-corrected chi connectivity index (χ2v) is 6.42. The molecule has 2 amide bonds. The molecule has 3 N–H and O–H groups in total. The van der Waals surface area contributed by atoms with E-state index in [1.807, 2.05) is 0 Å². The third-order valence-electron chi connectivity index (χ3n) is 4.16. The lowest BCUT2D eigenvalue weighted by molar-refractivity contribution is -0.117. The maximum absolute atomic E-state index is 12.5. The first-order chi connectivity index (χ1) is 13.7. The van der Waals surface area contributed by atoms with E-state index in [0.29, 0.717) is 17.3 Å². The Labute approximate surface area is 161 Å². The van der Waals surface area contributed by atoms with Crippen molar-refractivity contribution in [3.63, 3.8) is 0 Å². The van der Waals surface area contributed by atoms with E-state index in [-0.39, 0.29) is 23.4 Å². The Morgan fingerprint density at radius 1 is 0.893 bits per heavy atom. The lowest BCUT2D eigenvalue weighted by Crippen LogP contribution is -2.16. The summed E-state index contributed by atoms with van der Waals surface area (Å²) in [6, 6.07) is 12.1. The van der Waals surface area contributed by atoms with Crippen molar-refractivity contribution in [1.29, 1.82) is 0 Å². The number of aromatic nitrogens is 3. The van der Waals surface area contributed by atoms with Crippen molar-refractivity contribution in [3.8, 4) is 0 Å². The van der Waals surface area contributed by atoms with Crippen LogP contribution in [0.1, 0.15) is 23.3 Å². The van der Waals surface area contributed by atoms with Crippen LogP contribution in [-0.4, -0.2) is 26.8 Å². The fourth-order valence-corrected chi connectivity index (χ4v) is 2.57. The van der Waals surface area contributed by atoms with Crippen LogP contribution in [0, 0.1) is 5.92 Å². The van der Waals surface area contributed by atoms with Crippen molar-refractivity contribution < 1.29 is 9.59 Å². The van der Waals surface area contributed by atoms with Crippen LogP contribution in [0.25, 0.3) is 0 Å². The molecule has 0 unspecified atom stereocenters. The SMILES string of the molecule is O=C(Nc1cccc(NC(=O)C2CC2)c1)c1ccnc(Nc2ccncc2)n1. The van der Waals surface area contributed by atoms with Gasteiger partial charge in [0, 0.05) is 41.6 Å². The van der Waals surface area contributed by atoms with Gasteiger partial charge in [-0.1, -0.05) is 6.07 Å². The van der Waals surface area contributed by atoms with Gasteiger partial charge in [-0.15, -0.1) is 0 Å². The van der Waals surface area contributed by atoms with Crippen molar-refractivity contribution in [2.75, 3.05) is 16.0 Å². The first kappa shape index (κ1) is 17.6. The van der Waals surface area contributed by atoms with E-state index in [1.54, 1.807) is 48.8 Å². The quantitative estimate of drug-likeness (QED) is 0.611. The summed E-state index contributed by atoms with van der Waals surface area (Å²) in [5.74, 6) is 0.0758. The number of amides is 2. The van der Waals surface area contributed by atoms with Crippen molar-refractivity contribution >= 4 is 34.8 Å². The molecule has 0 saturated heterocycles. The van der Waals surface area contributed by atoms with E-state index >= 15 is 0 Å². The van der Waals surface area contributed by atoms with Gasteiger partial charge in [-0.05, 0) is 49.2 Å². The molecule has 1 fully saturated rings. The highest BCUT2D eigenvalue weighted by Gasteiger charge is 2.29. The fourth-order valence-electron chi connectivity index (χ4n) is 2.57. The molecule has 8 nitrogen and oxygen atoms in total. The predicted octanol–water partition coefficient (Wildman–Crippen LogP) is 3.22. The molecular formula is C20H18N6O2. The largest absolute Gasteiger partial charge is 0.326 e.